The van der Waals surface area contributed by atoms with Gasteiger partial charge in [0.1, 0.15) is 0 Å². The van der Waals surface area contributed by atoms with Crippen LogP contribution in [-0.2, 0) is 0 Å². The topological polar surface area (TPSA) is 3.24 Å². The van der Waals surface area contributed by atoms with Gasteiger partial charge in [0.25, 0.3) is 0 Å². The molecule has 0 heterocycles. The first kappa shape index (κ1) is 9.05. The summed E-state index contributed by atoms with van der Waals surface area (Å²) in [6, 6.07) is 0.849. The Balaban J connectivity index is 2.38. The van der Waals surface area contributed by atoms with Crippen molar-refractivity contribution in [2.45, 2.75) is 33.2 Å². The number of nitrogens with zero attached hydrogens (tertiary/aromatic N) is 1. The van der Waals surface area contributed by atoms with E-state index in [1.165, 1.54) is 6.42 Å². The highest BCUT2D eigenvalue weighted by Crippen LogP contribution is 2.41. The first-order valence-electron chi connectivity index (χ1n) is 4.70. The SMILES string of the molecule is CC(C)C1CC(N(C)C)C1C. The Morgan fingerprint density at radius 2 is 1.82 bits per heavy atom. The Labute approximate surface area is 70.8 Å². The van der Waals surface area contributed by atoms with Gasteiger partial charge in [-0.2, -0.15) is 0 Å². The van der Waals surface area contributed by atoms with E-state index in [-0.39, 0.29) is 0 Å². The third-order valence-electron chi connectivity index (χ3n) is 3.32. The van der Waals surface area contributed by atoms with Gasteiger partial charge in [-0.15, -0.1) is 0 Å². The van der Waals surface area contributed by atoms with Gasteiger partial charge in [0.2, 0.25) is 0 Å². The second kappa shape index (κ2) is 3.14. The molecule has 1 fully saturated rings. The van der Waals surface area contributed by atoms with E-state index in [1.54, 1.807) is 0 Å². The van der Waals surface area contributed by atoms with Crippen LogP contribution in [0.25, 0.3) is 0 Å². The largest absolute Gasteiger partial charge is 0.306 e. The highest BCUT2D eigenvalue weighted by molar-refractivity contribution is 4.92. The van der Waals surface area contributed by atoms with Crippen molar-refractivity contribution in [3.63, 3.8) is 0 Å². The second-order valence-corrected chi connectivity index (χ2v) is 4.53. The zero-order valence-corrected chi connectivity index (χ0v) is 8.46. The van der Waals surface area contributed by atoms with E-state index in [1.807, 2.05) is 0 Å². The van der Waals surface area contributed by atoms with Crippen LogP contribution >= 0.6 is 0 Å². The Morgan fingerprint density at radius 1 is 1.27 bits per heavy atom. The molecule has 0 aromatic rings. The molecule has 0 saturated heterocycles. The lowest BCUT2D eigenvalue weighted by molar-refractivity contribution is 0.0180. The molecular weight excluding hydrogens is 134 g/mol. The van der Waals surface area contributed by atoms with E-state index in [4.69, 9.17) is 0 Å². The molecule has 11 heavy (non-hydrogen) atoms. The fraction of sp³-hybridized carbons (Fsp3) is 1.00. The van der Waals surface area contributed by atoms with Crippen LogP contribution in [-0.4, -0.2) is 25.0 Å². The van der Waals surface area contributed by atoms with Gasteiger partial charge < -0.3 is 4.90 Å². The third kappa shape index (κ3) is 1.58. The molecule has 66 valence electrons. The minimum absolute atomic E-state index is 0.849. The Bertz CT molecular complexity index is 115. The van der Waals surface area contributed by atoms with E-state index < -0.39 is 0 Å². The van der Waals surface area contributed by atoms with Crippen LogP contribution in [0.4, 0.5) is 0 Å². The van der Waals surface area contributed by atoms with E-state index in [2.05, 4.69) is 39.8 Å². The smallest absolute Gasteiger partial charge is 0.0120 e. The quantitative estimate of drug-likeness (QED) is 0.591. The molecule has 1 nitrogen and oxygen atoms in total. The van der Waals surface area contributed by atoms with Crippen LogP contribution in [0.2, 0.25) is 0 Å². The van der Waals surface area contributed by atoms with Crippen LogP contribution < -0.4 is 0 Å². The summed E-state index contributed by atoms with van der Waals surface area (Å²) in [5, 5.41) is 0. The van der Waals surface area contributed by atoms with Crippen LogP contribution in [0.5, 0.6) is 0 Å². The van der Waals surface area contributed by atoms with Gasteiger partial charge in [0, 0.05) is 6.04 Å². The van der Waals surface area contributed by atoms with E-state index in [9.17, 15) is 0 Å². The van der Waals surface area contributed by atoms with Gasteiger partial charge in [0.15, 0.2) is 0 Å². The molecule has 1 aliphatic carbocycles. The maximum atomic E-state index is 2.39. The molecule has 3 atom stereocenters. The molecule has 0 aliphatic heterocycles. The van der Waals surface area contributed by atoms with E-state index in [0.29, 0.717) is 0 Å². The average molecular weight is 155 g/mol. The first-order valence-corrected chi connectivity index (χ1v) is 4.70. The lowest BCUT2D eigenvalue weighted by atomic mass is 9.65. The number of hydrogen-bond acceptors (Lipinski definition) is 1. The van der Waals surface area contributed by atoms with Crippen molar-refractivity contribution in [1.82, 2.24) is 4.90 Å². The summed E-state index contributed by atoms with van der Waals surface area (Å²) in [6.45, 7) is 7.07. The monoisotopic (exact) mass is 155 g/mol. The van der Waals surface area contributed by atoms with Crippen LogP contribution in [0.1, 0.15) is 27.2 Å². The molecule has 0 bridgehead atoms. The van der Waals surface area contributed by atoms with E-state index in [0.717, 1.165) is 23.8 Å². The van der Waals surface area contributed by atoms with Gasteiger partial charge in [-0.05, 0) is 38.3 Å². The van der Waals surface area contributed by atoms with Crippen LogP contribution in [0.3, 0.4) is 0 Å². The molecule has 1 saturated carbocycles. The van der Waals surface area contributed by atoms with Gasteiger partial charge in [0.05, 0.1) is 0 Å². The summed E-state index contributed by atoms with van der Waals surface area (Å²) in [5.41, 5.74) is 0. The maximum Gasteiger partial charge on any atom is 0.0120 e. The molecule has 1 rings (SSSR count). The van der Waals surface area contributed by atoms with Crippen molar-refractivity contribution in [3.8, 4) is 0 Å². The minimum Gasteiger partial charge on any atom is -0.306 e. The molecule has 0 radical (unpaired) electrons. The fourth-order valence-corrected chi connectivity index (χ4v) is 2.36. The maximum absolute atomic E-state index is 2.39. The van der Waals surface area contributed by atoms with Crippen LogP contribution in [0.15, 0.2) is 0 Å². The van der Waals surface area contributed by atoms with Gasteiger partial charge in [-0.25, -0.2) is 0 Å². The second-order valence-electron chi connectivity index (χ2n) is 4.53. The molecule has 0 N–H and O–H groups in total. The minimum atomic E-state index is 0.849. The van der Waals surface area contributed by atoms with Crippen molar-refractivity contribution in [2.24, 2.45) is 17.8 Å². The lowest BCUT2D eigenvalue weighted by Crippen LogP contribution is -2.50. The van der Waals surface area contributed by atoms with Gasteiger partial charge in [-0.3, -0.25) is 0 Å². The highest BCUT2D eigenvalue weighted by Gasteiger charge is 2.39. The van der Waals surface area contributed by atoms with Crippen molar-refractivity contribution in [1.29, 1.82) is 0 Å². The van der Waals surface area contributed by atoms with Gasteiger partial charge >= 0.3 is 0 Å². The third-order valence-corrected chi connectivity index (χ3v) is 3.32. The zero-order valence-electron chi connectivity index (χ0n) is 8.46. The Hall–Kier alpha value is -0.0400. The normalized spacial score (nSPS) is 37.9. The number of hydrogen-bond donors (Lipinski definition) is 0. The van der Waals surface area contributed by atoms with E-state index >= 15 is 0 Å². The molecular formula is C10H21N. The van der Waals surface area contributed by atoms with Crippen molar-refractivity contribution in [3.05, 3.63) is 0 Å². The fourth-order valence-electron chi connectivity index (χ4n) is 2.36. The molecule has 3 unspecified atom stereocenters. The first-order chi connectivity index (χ1) is 5.04. The van der Waals surface area contributed by atoms with Crippen molar-refractivity contribution >= 4 is 0 Å². The zero-order chi connectivity index (χ0) is 8.59. The molecule has 0 aromatic carbocycles. The predicted molar refractivity (Wildman–Crippen MR) is 49.6 cm³/mol. The Kier molecular flexibility index (Phi) is 2.58. The number of rotatable bonds is 2. The summed E-state index contributed by atoms with van der Waals surface area (Å²) in [7, 11) is 4.38. The molecule has 0 aromatic heterocycles. The summed E-state index contributed by atoms with van der Waals surface area (Å²) in [5.74, 6) is 2.76. The molecule has 1 heteroatoms. The van der Waals surface area contributed by atoms with Gasteiger partial charge in [-0.1, -0.05) is 20.8 Å². The summed E-state index contributed by atoms with van der Waals surface area (Å²) in [6.07, 6.45) is 1.41. The molecule has 0 spiro atoms. The standard InChI is InChI=1S/C10H21N/c1-7(2)9-6-10(8(9)3)11(4)5/h7-10H,6H2,1-5H3. The average Bonchev–Trinajstić information content (AvgIpc) is 1.82. The predicted octanol–water partition coefficient (Wildman–Crippen LogP) is 2.23. The molecule has 1 aliphatic rings. The van der Waals surface area contributed by atoms with Crippen molar-refractivity contribution in [2.75, 3.05) is 14.1 Å². The summed E-state index contributed by atoms with van der Waals surface area (Å²) < 4.78 is 0. The Morgan fingerprint density at radius 3 is 2.09 bits per heavy atom. The highest BCUT2D eigenvalue weighted by atomic mass is 15.1. The van der Waals surface area contributed by atoms with Crippen LogP contribution in [0, 0.1) is 17.8 Å². The molecule has 0 amide bonds. The lowest BCUT2D eigenvalue weighted by Gasteiger charge is -2.48. The summed E-state index contributed by atoms with van der Waals surface area (Å²) in [4.78, 5) is 2.36. The summed E-state index contributed by atoms with van der Waals surface area (Å²) >= 11 is 0. The van der Waals surface area contributed by atoms with Crippen molar-refractivity contribution < 1.29 is 0 Å².